The molecule has 2 heterocycles. The summed E-state index contributed by atoms with van der Waals surface area (Å²) in [4.78, 5) is 35.4. The highest BCUT2D eigenvalue weighted by atomic mass is 16.7. The molecule has 2 aromatic carbocycles. The van der Waals surface area contributed by atoms with E-state index in [1.165, 1.54) is 0 Å². The summed E-state index contributed by atoms with van der Waals surface area (Å²) >= 11 is 0. The monoisotopic (exact) mass is 339 g/mol. The van der Waals surface area contributed by atoms with Crippen molar-refractivity contribution in [2.24, 2.45) is 0 Å². The first-order chi connectivity index (χ1) is 12.1. The van der Waals surface area contributed by atoms with Crippen molar-refractivity contribution >= 4 is 23.5 Å². The maximum absolute atomic E-state index is 12.4. The Bertz CT molecular complexity index is 896. The number of nitrogens with one attached hydrogen (secondary N) is 3. The summed E-state index contributed by atoms with van der Waals surface area (Å²) < 4.78 is 10.5. The summed E-state index contributed by atoms with van der Waals surface area (Å²) in [5.74, 6) is 0.368. The molecule has 4 amide bonds. The Balaban J connectivity index is 1.53. The van der Waals surface area contributed by atoms with Gasteiger partial charge in [-0.05, 0) is 35.9 Å². The van der Waals surface area contributed by atoms with Crippen LogP contribution in [0.4, 0.5) is 10.5 Å². The zero-order valence-corrected chi connectivity index (χ0v) is 12.9. The molecular formula is C17H13N3O5. The number of benzene rings is 2. The van der Waals surface area contributed by atoms with Gasteiger partial charge in [0.15, 0.2) is 11.5 Å². The lowest BCUT2D eigenvalue weighted by Gasteiger charge is -2.11. The van der Waals surface area contributed by atoms with Crippen LogP contribution in [0.15, 0.2) is 42.5 Å². The molecule has 1 atom stereocenters. The topological polar surface area (TPSA) is 106 Å². The van der Waals surface area contributed by atoms with Crippen molar-refractivity contribution in [3.8, 4) is 11.5 Å². The molecule has 1 saturated heterocycles. The molecule has 2 aromatic rings. The standard InChI is InChI=1S/C17H13N3O5/c21-15(10-4-5-12-13(7-10)25-8-24-12)18-11-3-1-2-9(6-11)14-16(22)20-17(23)19-14/h1-7,14H,8H2,(H,18,21)(H2,19,20,22,23). The van der Waals surface area contributed by atoms with Crippen LogP contribution < -0.4 is 25.4 Å². The maximum Gasteiger partial charge on any atom is 0.322 e. The first kappa shape index (κ1) is 15.0. The SMILES string of the molecule is O=C1NC(=O)C(c2cccc(NC(=O)c3ccc4c(c3)OCO4)c2)N1. The summed E-state index contributed by atoms with van der Waals surface area (Å²) in [7, 11) is 0. The van der Waals surface area contributed by atoms with E-state index in [2.05, 4.69) is 16.0 Å². The number of urea groups is 1. The first-order valence-electron chi connectivity index (χ1n) is 7.52. The van der Waals surface area contributed by atoms with Gasteiger partial charge in [0.1, 0.15) is 6.04 Å². The summed E-state index contributed by atoms with van der Waals surface area (Å²) in [6.45, 7) is 0.137. The minimum atomic E-state index is -0.769. The Hall–Kier alpha value is -3.55. The van der Waals surface area contributed by atoms with Gasteiger partial charge in [-0.15, -0.1) is 0 Å². The highest BCUT2D eigenvalue weighted by molar-refractivity contribution is 6.06. The van der Waals surface area contributed by atoms with Crippen molar-refractivity contribution in [3.05, 3.63) is 53.6 Å². The van der Waals surface area contributed by atoms with Gasteiger partial charge in [-0.25, -0.2) is 4.79 Å². The van der Waals surface area contributed by atoms with Gasteiger partial charge in [-0.3, -0.25) is 14.9 Å². The predicted molar refractivity (Wildman–Crippen MR) is 86.4 cm³/mol. The normalized spacial score (nSPS) is 17.8. The number of amides is 4. The molecule has 0 saturated carbocycles. The second-order valence-electron chi connectivity index (χ2n) is 5.54. The zero-order valence-electron chi connectivity index (χ0n) is 12.9. The number of ether oxygens (including phenoxy) is 2. The Labute approximate surface area is 142 Å². The molecule has 2 aliphatic rings. The number of fused-ring (bicyclic) bond motifs is 1. The van der Waals surface area contributed by atoms with Crippen molar-refractivity contribution in [2.45, 2.75) is 6.04 Å². The van der Waals surface area contributed by atoms with Crippen LogP contribution in [0.5, 0.6) is 11.5 Å². The van der Waals surface area contributed by atoms with E-state index < -0.39 is 18.0 Å². The second-order valence-corrected chi connectivity index (χ2v) is 5.54. The molecule has 126 valence electrons. The zero-order chi connectivity index (χ0) is 17.4. The second kappa shape index (κ2) is 5.82. The van der Waals surface area contributed by atoms with Crippen LogP contribution in [0.25, 0.3) is 0 Å². The molecule has 0 radical (unpaired) electrons. The molecule has 2 aliphatic heterocycles. The third kappa shape index (κ3) is 2.85. The molecule has 1 unspecified atom stereocenters. The van der Waals surface area contributed by atoms with Gasteiger partial charge in [-0.2, -0.15) is 0 Å². The summed E-state index contributed by atoms with van der Waals surface area (Å²) in [5, 5.41) is 7.45. The fourth-order valence-electron chi connectivity index (χ4n) is 2.69. The quantitative estimate of drug-likeness (QED) is 0.736. The molecule has 0 bridgehead atoms. The van der Waals surface area contributed by atoms with Crippen molar-refractivity contribution in [1.29, 1.82) is 0 Å². The first-order valence-corrected chi connectivity index (χ1v) is 7.52. The molecule has 25 heavy (non-hydrogen) atoms. The Morgan fingerprint density at radius 2 is 1.92 bits per heavy atom. The van der Waals surface area contributed by atoms with Crippen LogP contribution in [0.1, 0.15) is 22.0 Å². The Kier molecular flexibility index (Phi) is 3.50. The Morgan fingerprint density at radius 1 is 1.08 bits per heavy atom. The molecule has 0 spiro atoms. The van der Waals surface area contributed by atoms with Crippen LogP contribution in [-0.2, 0) is 4.79 Å². The van der Waals surface area contributed by atoms with E-state index in [1.807, 2.05) is 0 Å². The van der Waals surface area contributed by atoms with E-state index in [4.69, 9.17) is 9.47 Å². The van der Waals surface area contributed by atoms with E-state index in [-0.39, 0.29) is 12.7 Å². The van der Waals surface area contributed by atoms with Crippen LogP contribution in [0.3, 0.4) is 0 Å². The number of anilines is 1. The fourth-order valence-corrected chi connectivity index (χ4v) is 2.69. The van der Waals surface area contributed by atoms with Gasteiger partial charge in [0.05, 0.1) is 0 Å². The Morgan fingerprint density at radius 3 is 2.72 bits per heavy atom. The molecule has 3 N–H and O–H groups in total. The van der Waals surface area contributed by atoms with Crippen LogP contribution in [0.2, 0.25) is 0 Å². The van der Waals surface area contributed by atoms with E-state index in [0.29, 0.717) is 28.3 Å². The van der Waals surface area contributed by atoms with E-state index in [9.17, 15) is 14.4 Å². The number of imide groups is 1. The molecular weight excluding hydrogens is 326 g/mol. The minimum Gasteiger partial charge on any atom is -0.454 e. The van der Waals surface area contributed by atoms with Crippen LogP contribution in [0, 0.1) is 0 Å². The average molecular weight is 339 g/mol. The number of hydrogen-bond acceptors (Lipinski definition) is 5. The molecule has 8 heteroatoms. The molecule has 4 rings (SSSR count). The van der Waals surface area contributed by atoms with Crippen LogP contribution in [-0.4, -0.2) is 24.6 Å². The van der Waals surface area contributed by atoms with Gasteiger partial charge >= 0.3 is 6.03 Å². The number of carbonyl (C=O) groups excluding carboxylic acids is 3. The smallest absolute Gasteiger partial charge is 0.322 e. The lowest BCUT2D eigenvalue weighted by molar-refractivity contribution is -0.120. The van der Waals surface area contributed by atoms with E-state index in [1.54, 1.807) is 42.5 Å². The van der Waals surface area contributed by atoms with Gasteiger partial charge < -0.3 is 20.1 Å². The third-order valence-electron chi connectivity index (χ3n) is 3.89. The molecule has 0 aromatic heterocycles. The predicted octanol–water partition coefficient (Wildman–Crippen LogP) is 1.55. The van der Waals surface area contributed by atoms with Gasteiger partial charge in [0.2, 0.25) is 6.79 Å². The highest BCUT2D eigenvalue weighted by Crippen LogP contribution is 2.32. The summed E-state index contributed by atoms with van der Waals surface area (Å²) in [5.41, 5.74) is 1.50. The van der Waals surface area contributed by atoms with Gasteiger partial charge in [0.25, 0.3) is 11.8 Å². The molecule has 8 nitrogen and oxygen atoms in total. The summed E-state index contributed by atoms with van der Waals surface area (Å²) in [6, 6.07) is 10.3. The highest BCUT2D eigenvalue weighted by Gasteiger charge is 2.30. The number of rotatable bonds is 3. The van der Waals surface area contributed by atoms with E-state index >= 15 is 0 Å². The van der Waals surface area contributed by atoms with Gasteiger partial charge in [-0.1, -0.05) is 12.1 Å². The third-order valence-corrected chi connectivity index (χ3v) is 3.89. The van der Waals surface area contributed by atoms with E-state index in [0.717, 1.165) is 0 Å². The lowest BCUT2D eigenvalue weighted by atomic mass is 10.1. The average Bonchev–Trinajstić information content (AvgIpc) is 3.20. The minimum absolute atomic E-state index is 0.137. The van der Waals surface area contributed by atoms with Crippen molar-refractivity contribution < 1.29 is 23.9 Å². The van der Waals surface area contributed by atoms with Crippen molar-refractivity contribution in [3.63, 3.8) is 0 Å². The number of hydrogen-bond donors (Lipinski definition) is 3. The maximum atomic E-state index is 12.4. The number of carbonyl (C=O) groups is 3. The van der Waals surface area contributed by atoms with Crippen LogP contribution >= 0.6 is 0 Å². The molecule has 0 aliphatic carbocycles. The fraction of sp³-hybridized carbons (Fsp3) is 0.118. The van der Waals surface area contributed by atoms with Crippen molar-refractivity contribution in [1.82, 2.24) is 10.6 Å². The largest absolute Gasteiger partial charge is 0.454 e. The molecule has 1 fully saturated rings. The lowest BCUT2D eigenvalue weighted by Crippen LogP contribution is -2.22. The van der Waals surface area contributed by atoms with Crippen molar-refractivity contribution in [2.75, 3.05) is 12.1 Å². The van der Waals surface area contributed by atoms with Gasteiger partial charge in [0, 0.05) is 11.3 Å². The summed E-state index contributed by atoms with van der Waals surface area (Å²) in [6.07, 6.45) is 0.